The number of aryl methyl sites for hydroxylation is 1. The number of piperazine rings is 1. The number of carbonyl (C=O) groups is 3. The Hall–Kier alpha value is -2.37. The minimum absolute atomic E-state index is 0.113. The summed E-state index contributed by atoms with van der Waals surface area (Å²) in [6.07, 6.45) is 0. The molecule has 1 fully saturated rings. The molecule has 1 heterocycles. The van der Waals surface area contributed by atoms with Gasteiger partial charge in [0, 0.05) is 11.3 Å². The molecule has 1 aliphatic heterocycles. The summed E-state index contributed by atoms with van der Waals surface area (Å²) in [4.78, 5) is 35.7. The number of nitrogens with one attached hydrogen (secondary N) is 1. The summed E-state index contributed by atoms with van der Waals surface area (Å²) in [6.45, 7) is 1.60. The van der Waals surface area contributed by atoms with E-state index in [4.69, 9.17) is 5.73 Å². The molecule has 0 radical (unpaired) electrons. The van der Waals surface area contributed by atoms with Gasteiger partial charge in [0.15, 0.2) is 0 Å². The molecule has 0 saturated carbocycles. The number of nitrogen functional groups attached to an aromatic ring is 1. The molecule has 2 rings (SSSR count). The van der Waals surface area contributed by atoms with Crippen LogP contribution in [0, 0.1) is 6.92 Å². The van der Waals surface area contributed by atoms with E-state index in [-0.39, 0.29) is 19.0 Å². The van der Waals surface area contributed by atoms with Gasteiger partial charge in [-0.15, -0.1) is 0 Å². The molecule has 3 N–H and O–H groups in total. The molecule has 18 heavy (non-hydrogen) atoms. The molecule has 1 saturated heterocycles. The highest BCUT2D eigenvalue weighted by Gasteiger charge is 2.27. The van der Waals surface area contributed by atoms with E-state index >= 15 is 0 Å². The minimum Gasteiger partial charge on any atom is -0.399 e. The van der Waals surface area contributed by atoms with Crippen LogP contribution in [0.3, 0.4) is 0 Å². The molecule has 0 aromatic heterocycles. The van der Waals surface area contributed by atoms with Gasteiger partial charge in [-0.25, -0.2) is 0 Å². The summed E-state index contributed by atoms with van der Waals surface area (Å²) < 4.78 is 0. The van der Waals surface area contributed by atoms with Crippen molar-refractivity contribution in [3.05, 3.63) is 29.3 Å². The largest absolute Gasteiger partial charge is 0.399 e. The van der Waals surface area contributed by atoms with Gasteiger partial charge in [-0.2, -0.15) is 0 Å². The third-order valence-corrected chi connectivity index (χ3v) is 2.58. The molecular formula is C12H13N3O3. The first-order valence-electron chi connectivity index (χ1n) is 5.45. The maximum atomic E-state index is 12.1. The fourth-order valence-electron chi connectivity index (χ4n) is 1.90. The number of nitrogens with two attached hydrogens (primary N) is 1. The number of nitrogens with zero attached hydrogens (tertiary/aromatic N) is 1. The van der Waals surface area contributed by atoms with Crippen molar-refractivity contribution in [3.8, 4) is 0 Å². The van der Waals surface area contributed by atoms with Crippen molar-refractivity contribution in [2.24, 2.45) is 0 Å². The Morgan fingerprint density at radius 1 is 1.22 bits per heavy atom. The Morgan fingerprint density at radius 3 is 2.39 bits per heavy atom. The van der Waals surface area contributed by atoms with Gasteiger partial charge in [0.25, 0.3) is 5.91 Å². The number of anilines is 1. The third-order valence-electron chi connectivity index (χ3n) is 2.58. The van der Waals surface area contributed by atoms with Gasteiger partial charge in [-0.3, -0.25) is 19.7 Å². The van der Waals surface area contributed by atoms with E-state index in [1.54, 1.807) is 12.1 Å². The molecule has 0 aliphatic carbocycles. The maximum absolute atomic E-state index is 12.1. The molecule has 1 aromatic rings. The van der Waals surface area contributed by atoms with Crippen LogP contribution >= 0.6 is 0 Å². The monoisotopic (exact) mass is 247 g/mol. The van der Waals surface area contributed by atoms with Crippen LogP contribution < -0.4 is 11.1 Å². The van der Waals surface area contributed by atoms with Crippen molar-refractivity contribution in [2.75, 3.05) is 18.8 Å². The van der Waals surface area contributed by atoms with Crippen LogP contribution in [0.2, 0.25) is 0 Å². The minimum atomic E-state index is -0.472. The third kappa shape index (κ3) is 2.48. The van der Waals surface area contributed by atoms with Crippen LogP contribution in [0.1, 0.15) is 15.9 Å². The van der Waals surface area contributed by atoms with Crippen LogP contribution in [0.25, 0.3) is 0 Å². The van der Waals surface area contributed by atoms with E-state index in [1.807, 2.05) is 6.92 Å². The standard InChI is InChI=1S/C12H13N3O3/c1-7-2-8(4-9(13)3-7)12(18)15-5-10(16)14-11(17)6-15/h2-4H,5-6,13H2,1H3,(H,14,16,17). The highest BCUT2D eigenvalue weighted by molar-refractivity contribution is 6.05. The summed E-state index contributed by atoms with van der Waals surface area (Å²) in [5, 5.41) is 2.14. The molecule has 0 spiro atoms. The van der Waals surface area contributed by atoms with Gasteiger partial charge in [-0.1, -0.05) is 0 Å². The van der Waals surface area contributed by atoms with Crippen LogP contribution in [0.15, 0.2) is 18.2 Å². The van der Waals surface area contributed by atoms with Crippen LogP contribution in [-0.4, -0.2) is 35.7 Å². The van der Waals surface area contributed by atoms with Crippen molar-refractivity contribution >= 4 is 23.4 Å². The first-order chi connectivity index (χ1) is 8.45. The van der Waals surface area contributed by atoms with Crippen LogP contribution in [0.5, 0.6) is 0 Å². The zero-order chi connectivity index (χ0) is 13.3. The van der Waals surface area contributed by atoms with Crippen molar-refractivity contribution in [1.82, 2.24) is 10.2 Å². The van der Waals surface area contributed by atoms with Gasteiger partial charge >= 0.3 is 0 Å². The number of imide groups is 1. The molecule has 6 nitrogen and oxygen atoms in total. The summed E-state index contributed by atoms with van der Waals surface area (Å²) in [5.41, 5.74) is 7.38. The average Bonchev–Trinajstić information content (AvgIpc) is 2.25. The average molecular weight is 247 g/mol. The highest BCUT2D eigenvalue weighted by atomic mass is 16.2. The lowest BCUT2D eigenvalue weighted by molar-refractivity contribution is -0.135. The lowest BCUT2D eigenvalue weighted by atomic mass is 10.1. The van der Waals surface area contributed by atoms with Gasteiger partial charge in [0.2, 0.25) is 11.8 Å². The molecule has 3 amide bonds. The summed E-state index contributed by atoms with van der Waals surface area (Å²) in [7, 11) is 0. The number of carbonyl (C=O) groups excluding carboxylic acids is 3. The maximum Gasteiger partial charge on any atom is 0.254 e. The predicted molar refractivity (Wildman–Crippen MR) is 64.6 cm³/mol. The zero-order valence-corrected chi connectivity index (χ0v) is 9.90. The van der Waals surface area contributed by atoms with E-state index < -0.39 is 11.8 Å². The number of benzene rings is 1. The molecule has 1 aromatic carbocycles. The Labute approximate surface area is 104 Å². The van der Waals surface area contributed by atoms with Gasteiger partial charge in [0.1, 0.15) is 13.1 Å². The molecular weight excluding hydrogens is 234 g/mol. The van der Waals surface area contributed by atoms with Crippen LogP contribution in [-0.2, 0) is 9.59 Å². The van der Waals surface area contributed by atoms with E-state index in [2.05, 4.69) is 5.32 Å². The predicted octanol–water partition coefficient (Wildman–Crippen LogP) is -0.324. The second-order valence-corrected chi connectivity index (χ2v) is 4.26. The van der Waals surface area contributed by atoms with Crippen LogP contribution in [0.4, 0.5) is 5.69 Å². The lowest BCUT2D eigenvalue weighted by Gasteiger charge is -2.25. The van der Waals surface area contributed by atoms with E-state index in [9.17, 15) is 14.4 Å². The molecule has 1 aliphatic rings. The lowest BCUT2D eigenvalue weighted by Crippen LogP contribution is -2.53. The zero-order valence-electron chi connectivity index (χ0n) is 9.90. The highest BCUT2D eigenvalue weighted by Crippen LogP contribution is 2.14. The molecule has 0 atom stereocenters. The van der Waals surface area contributed by atoms with Crippen molar-refractivity contribution < 1.29 is 14.4 Å². The second-order valence-electron chi connectivity index (χ2n) is 4.26. The fourth-order valence-corrected chi connectivity index (χ4v) is 1.90. The van der Waals surface area contributed by atoms with Gasteiger partial charge in [-0.05, 0) is 30.7 Å². The van der Waals surface area contributed by atoms with Gasteiger partial charge in [0.05, 0.1) is 0 Å². The number of amides is 3. The fraction of sp³-hybridized carbons (Fsp3) is 0.250. The van der Waals surface area contributed by atoms with E-state index in [1.165, 1.54) is 11.0 Å². The molecule has 6 heteroatoms. The van der Waals surface area contributed by atoms with E-state index in [0.717, 1.165) is 5.56 Å². The van der Waals surface area contributed by atoms with E-state index in [0.29, 0.717) is 11.3 Å². The number of hydrogen-bond donors (Lipinski definition) is 2. The number of rotatable bonds is 1. The quantitative estimate of drug-likeness (QED) is 0.525. The number of hydrogen-bond acceptors (Lipinski definition) is 4. The van der Waals surface area contributed by atoms with Crippen molar-refractivity contribution in [1.29, 1.82) is 0 Å². The molecule has 0 unspecified atom stereocenters. The Balaban J connectivity index is 2.25. The second kappa shape index (κ2) is 4.48. The SMILES string of the molecule is Cc1cc(N)cc(C(=O)N2CC(=O)NC(=O)C2)c1. The smallest absolute Gasteiger partial charge is 0.254 e. The van der Waals surface area contributed by atoms with Gasteiger partial charge < -0.3 is 10.6 Å². The summed E-state index contributed by atoms with van der Waals surface area (Å²) in [5.74, 6) is -1.31. The Kier molecular flexibility index (Phi) is 3.01. The van der Waals surface area contributed by atoms with Crippen molar-refractivity contribution in [3.63, 3.8) is 0 Å². The first kappa shape index (κ1) is 12.1. The topological polar surface area (TPSA) is 92.5 Å². The summed E-state index contributed by atoms with van der Waals surface area (Å²) in [6, 6.07) is 4.95. The normalized spacial score (nSPS) is 15.5. The first-order valence-corrected chi connectivity index (χ1v) is 5.45. The molecule has 0 bridgehead atoms. The molecule has 94 valence electrons. The summed E-state index contributed by atoms with van der Waals surface area (Å²) >= 11 is 0. The Morgan fingerprint density at radius 2 is 1.83 bits per heavy atom. The van der Waals surface area contributed by atoms with Crippen molar-refractivity contribution in [2.45, 2.75) is 6.92 Å². The Bertz CT molecular complexity index is 503.